The topological polar surface area (TPSA) is 66.8 Å². The van der Waals surface area contributed by atoms with Gasteiger partial charge in [0, 0.05) is 5.70 Å². The smallest absolute Gasteiger partial charge is 0.340 e. The summed E-state index contributed by atoms with van der Waals surface area (Å²) in [6.45, 7) is 1.56. The number of halogens is 1. The molecule has 0 saturated carbocycles. The van der Waals surface area contributed by atoms with E-state index in [0.29, 0.717) is 5.56 Å². The molecule has 0 bridgehead atoms. The van der Waals surface area contributed by atoms with Crippen LogP contribution in [-0.4, -0.2) is 24.1 Å². The molecule has 0 radical (unpaired) electrons. The van der Waals surface area contributed by atoms with Gasteiger partial charge in [0.25, 0.3) is 5.91 Å². The molecule has 2 aromatic rings. The highest BCUT2D eigenvalue weighted by Gasteiger charge is 2.38. The molecule has 1 heterocycles. The van der Waals surface area contributed by atoms with E-state index in [2.05, 4.69) is 0 Å². The number of phenols is 1. The Kier molecular flexibility index (Phi) is 4.58. The summed E-state index contributed by atoms with van der Waals surface area (Å²) < 4.78 is 19.0. The molecule has 3 rings (SSSR count). The van der Waals surface area contributed by atoms with Gasteiger partial charge in [0.05, 0.1) is 23.9 Å². The van der Waals surface area contributed by atoms with Gasteiger partial charge in [0.1, 0.15) is 11.6 Å². The molecule has 6 heteroatoms. The molecule has 5 nitrogen and oxygen atoms in total. The van der Waals surface area contributed by atoms with Crippen LogP contribution in [0, 0.1) is 5.82 Å². The average molecular weight is 353 g/mol. The number of amides is 1. The largest absolute Gasteiger partial charge is 0.508 e. The van der Waals surface area contributed by atoms with E-state index >= 15 is 0 Å². The van der Waals surface area contributed by atoms with Crippen LogP contribution in [0.4, 0.5) is 10.1 Å². The Balaban J connectivity index is 2.16. The fourth-order valence-electron chi connectivity index (χ4n) is 2.84. The average Bonchev–Trinajstić information content (AvgIpc) is 2.87. The van der Waals surface area contributed by atoms with Gasteiger partial charge in [-0.15, -0.1) is 0 Å². The minimum Gasteiger partial charge on any atom is -0.508 e. The van der Waals surface area contributed by atoms with E-state index in [0.717, 1.165) is 4.90 Å². The second kappa shape index (κ2) is 6.84. The van der Waals surface area contributed by atoms with E-state index in [-0.39, 0.29) is 28.3 Å². The molecule has 0 fully saturated rings. The third kappa shape index (κ3) is 2.97. The first-order valence-corrected chi connectivity index (χ1v) is 7.83. The van der Waals surface area contributed by atoms with Crippen molar-refractivity contribution in [2.75, 3.05) is 12.0 Å². The lowest BCUT2D eigenvalue weighted by Crippen LogP contribution is -2.25. The molecule has 0 spiro atoms. The maximum atomic E-state index is 14.2. The number of hydrogen-bond acceptors (Lipinski definition) is 4. The molecule has 132 valence electrons. The number of phenolic OH excluding ortho intramolecular Hbond substituents is 1. The number of rotatable bonds is 3. The summed E-state index contributed by atoms with van der Waals surface area (Å²) in [6.07, 6.45) is 1.51. The fraction of sp³-hybridized carbons (Fsp3) is 0.100. The van der Waals surface area contributed by atoms with Crippen molar-refractivity contribution in [1.82, 2.24) is 0 Å². The zero-order chi connectivity index (χ0) is 18.8. The fourth-order valence-corrected chi connectivity index (χ4v) is 2.84. The summed E-state index contributed by atoms with van der Waals surface area (Å²) in [7, 11) is 1.22. The Labute approximate surface area is 149 Å². The predicted octanol–water partition coefficient (Wildman–Crippen LogP) is 3.41. The molecule has 1 N–H and O–H groups in total. The lowest BCUT2D eigenvalue weighted by Gasteiger charge is -2.18. The van der Waals surface area contributed by atoms with Gasteiger partial charge >= 0.3 is 5.97 Å². The van der Waals surface area contributed by atoms with E-state index in [1.165, 1.54) is 43.5 Å². The third-order valence-electron chi connectivity index (χ3n) is 4.09. The lowest BCUT2D eigenvalue weighted by molar-refractivity contribution is -0.136. The normalized spacial score (nSPS) is 15.7. The third-order valence-corrected chi connectivity index (χ3v) is 4.09. The van der Waals surface area contributed by atoms with Crippen molar-refractivity contribution in [2.24, 2.45) is 0 Å². The number of allylic oxidation sites excluding steroid dienone is 1. The Morgan fingerprint density at radius 2 is 1.81 bits per heavy atom. The second-order valence-corrected chi connectivity index (χ2v) is 5.69. The Hall–Kier alpha value is -3.41. The molecule has 26 heavy (non-hydrogen) atoms. The molecule has 1 aliphatic rings. The molecule has 0 aromatic heterocycles. The molecule has 1 aliphatic heterocycles. The molecule has 2 aromatic carbocycles. The summed E-state index contributed by atoms with van der Waals surface area (Å²) in [5.74, 6) is -1.70. The van der Waals surface area contributed by atoms with Crippen molar-refractivity contribution in [1.29, 1.82) is 0 Å². The summed E-state index contributed by atoms with van der Waals surface area (Å²) in [5.41, 5.74) is 1.13. The van der Waals surface area contributed by atoms with Crippen LogP contribution in [0.25, 0.3) is 6.08 Å². The Bertz CT molecular complexity index is 945. The predicted molar refractivity (Wildman–Crippen MR) is 94.7 cm³/mol. The molecular formula is C20H16FNO4. The Morgan fingerprint density at radius 1 is 1.15 bits per heavy atom. The standard InChI is InChI=1S/C20H16FNO4/c1-12-18(20(25)26-2)15(11-13-7-9-14(23)10-8-13)19(24)22(12)17-6-4-3-5-16(17)21/h3-11,23H,1-2H3/b15-11+. The van der Waals surface area contributed by atoms with Gasteiger partial charge in [-0.05, 0) is 42.8 Å². The number of hydrogen-bond donors (Lipinski definition) is 1. The number of para-hydroxylation sites is 1. The van der Waals surface area contributed by atoms with Crippen LogP contribution in [0.5, 0.6) is 5.75 Å². The van der Waals surface area contributed by atoms with Crippen LogP contribution in [0.1, 0.15) is 12.5 Å². The number of esters is 1. The summed E-state index contributed by atoms with van der Waals surface area (Å²) in [5, 5.41) is 9.39. The van der Waals surface area contributed by atoms with Crippen molar-refractivity contribution in [3.8, 4) is 5.75 Å². The first-order chi connectivity index (χ1) is 12.4. The van der Waals surface area contributed by atoms with Crippen LogP contribution in [-0.2, 0) is 14.3 Å². The molecule has 0 saturated heterocycles. The first-order valence-electron chi connectivity index (χ1n) is 7.83. The minimum absolute atomic E-state index is 0.0607. The van der Waals surface area contributed by atoms with Gasteiger partial charge in [0.2, 0.25) is 0 Å². The van der Waals surface area contributed by atoms with Gasteiger partial charge in [-0.3, -0.25) is 9.69 Å². The number of carbonyl (C=O) groups is 2. The quantitative estimate of drug-likeness (QED) is 0.678. The number of aromatic hydroxyl groups is 1. The molecule has 0 unspecified atom stereocenters. The number of benzene rings is 2. The molecule has 0 aliphatic carbocycles. The number of anilines is 1. The SMILES string of the molecule is COC(=O)C1=C(C)N(c2ccccc2F)C(=O)/C1=C/c1ccc(O)cc1. The van der Waals surface area contributed by atoms with Gasteiger partial charge in [-0.1, -0.05) is 24.3 Å². The van der Waals surface area contributed by atoms with Gasteiger partial charge in [-0.2, -0.15) is 0 Å². The first kappa shape index (κ1) is 17.4. The Morgan fingerprint density at radius 3 is 2.42 bits per heavy atom. The van der Waals surface area contributed by atoms with E-state index < -0.39 is 17.7 Å². The van der Waals surface area contributed by atoms with E-state index in [9.17, 15) is 19.1 Å². The molecular weight excluding hydrogens is 337 g/mol. The minimum atomic E-state index is -0.681. The van der Waals surface area contributed by atoms with Crippen LogP contribution >= 0.6 is 0 Å². The maximum Gasteiger partial charge on any atom is 0.340 e. The van der Waals surface area contributed by atoms with Crippen molar-refractivity contribution < 1.29 is 23.8 Å². The second-order valence-electron chi connectivity index (χ2n) is 5.69. The highest BCUT2D eigenvalue weighted by atomic mass is 19.1. The lowest BCUT2D eigenvalue weighted by atomic mass is 10.0. The maximum absolute atomic E-state index is 14.2. The highest BCUT2D eigenvalue weighted by Crippen LogP contribution is 2.36. The highest BCUT2D eigenvalue weighted by molar-refractivity contribution is 6.23. The molecule has 0 atom stereocenters. The van der Waals surface area contributed by atoms with Crippen molar-refractivity contribution >= 4 is 23.6 Å². The summed E-state index contributed by atoms with van der Waals surface area (Å²) >= 11 is 0. The summed E-state index contributed by atoms with van der Waals surface area (Å²) in [4.78, 5) is 26.4. The monoisotopic (exact) mass is 353 g/mol. The van der Waals surface area contributed by atoms with Crippen LogP contribution < -0.4 is 4.90 Å². The zero-order valence-electron chi connectivity index (χ0n) is 14.2. The summed E-state index contributed by atoms with van der Waals surface area (Å²) in [6, 6.07) is 12.0. The van der Waals surface area contributed by atoms with Crippen molar-refractivity contribution in [2.45, 2.75) is 6.92 Å². The zero-order valence-corrected chi connectivity index (χ0v) is 14.2. The van der Waals surface area contributed by atoms with Gasteiger partial charge in [-0.25, -0.2) is 9.18 Å². The van der Waals surface area contributed by atoms with Crippen LogP contribution in [0.3, 0.4) is 0 Å². The van der Waals surface area contributed by atoms with Crippen molar-refractivity contribution in [3.63, 3.8) is 0 Å². The number of nitrogens with zero attached hydrogens (tertiary/aromatic N) is 1. The van der Waals surface area contributed by atoms with Crippen LogP contribution in [0.2, 0.25) is 0 Å². The van der Waals surface area contributed by atoms with Gasteiger partial charge in [0.15, 0.2) is 0 Å². The number of methoxy groups -OCH3 is 1. The van der Waals surface area contributed by atoms with E-state index in [1.54, 1.807) is 25.1 Å². The van der Waals surface area contributed by atoms with Gasteiger partial charge < -0.3 is 9.84 Å². The van der Waals surface area contributed by atoms with E-state index in [1.807, 2.05) is 0 Å². The number of carbonyl (C=O) groups excluding carboxylic acids is 2. The van der Waals surface area contributed by atoms with Crippen molar-refractivity contribution in [3.05, 3.63) is 76.8 Å². The number of ether oxygens (including phenoxy) is 1. The van der Waals surface area contributed by atoms with E-state index in [4.69, 9.17) is 4.74 Å². The molecule has 1 amide bonds. The van der Waals surface area contributed by atoms with Crippen LogP contribution in [0.15, 0.2) is 65.4 Å².